The van der Waals surface area contributed by atoms with Crippen LogP contribution in [0.5, 0.6) is 0 Å². The second-order valence-electron chi connectivity index (χ2n) is 4.71. The summed E-state index contributed by atoms with van der Waals surface area (Å²) in [6, 6.07) is 6.90. The summed E-state index contributed by atoms with van der Waals surface area (Å²) in [4.78, 5) is 24.2. The van der Waals surface area contributed by atoms with E-state index in [1.807, 2.05) is 29.6 Å². The molecule has 1 aromatic carbocycles. The first-order valence-electron chi connectivity index (χ1n) is 6.14. The molecule has 1 atom stereocenters. The Hall–Kier alpha value is -1.88. The fraction of sp³-hybridized carbons (Fsp3) is 0.286. The molecule has 98 valence electrons. The highest BCUT2D eigenvalue weighted by atomic mass is 32.1. The summed E-state index contributed by atoms with van der Waals surface area (Å²) in [7, 11) is 0. The summed E-state index contributed by atoms with van der Waals surface area (Å²) in [6.45, 7) is 0. The largest absolute Gasteiger partial charge is 0.479 e. The smallest absolute Gasteiger partial charge is 0.331 e. The number of carboxylic acids is 1. The van der Waals surface area contributed by atoms with Gasteiger partial charge in [0.15, 0.2) is 6.04 Å². The predicted molar refractivity (Wildman–Crippen MR) is 73.1 cm³/mol. The lowest BCUT2D eigenvalue weighted by Gasteiger charge is -2.24. The van der Waals surface area contributed by atoms with E-state index in [4.69, 9.17) is 0 Å². The number of carboxylic acid groups (broad SMARTS) is 1. The van der Waals surface area contributed by atoms with Gasteiger partial charge in [-0.25, -0.2) is 4.79 Å². The molecule has 1 saturated carbocycles. The third kappa shape index (κ3) is 2.10. The fourth-order valence-corrected chi connectivity index (χ4v) is 3.34. The van der Waals surface area contributed by atoms with Gasteiger partial charge in [-0.05, 0) is 29.7 Å². The average molecular weight is 275 g/mol. The molecular weight excluding hydrogens is 262 g/mol. The minimum atomic E-state index is -0.970. The summed E-state index contributed by atoms with van der Waals surface area (Å²) >= 11 is 1.51. The van der Waals surface area contributed by atoms with Crippen LogP contribution in [-0.4, -0.2) is 28.4 Å². The van der Waals surface area contributed by atoms with Gasteiger partial charge in [0.05, 0.1) is 0 Å². The molecule has 1 fully saturated rings. The fourth-order valence-electron chi connectivity index (χ4n) is 2.36. The van der Waals surface area contributed by atoms with Crippen LogP contribution in [0, 0.1) is 0 Å². The Bertz CT molecular complexity index is 632. The van der Waals surface area contributed by atoms with E-state index >= 15 is 0 Å². The molecular formula is C14H13NO3S. The molecule has 0 spiro atoms. The van der Waals surface area contributed by atoms with Crippen molar-refractivity contribution in [1.29, 1.82) is 0 Å². The van der Waals surface area contributed by atoms with Crippen LogP contribution >= 0.6 is 11.3 Å². The lowest BCUT2D eigenvalue weighted by Crippen LogP contribution is -2.34. The summed E-state index contributed by atoms with van der Waals surface area (Å²) in [5.74, 6) is -0.970. The summed E-state index contributed by atoms with van der Waals surface area (Å²) in [6.07, 6.45) is 2.46. The van der Waals surface area contributed by atoms with Crippen molar-refractivity contribution in [2.45, 2.75) is 24.9 Å². The number of fused-ring (bicyclic) bond motifs is 1. The molecule has 0 radical (unpaired) electrons. The summed E-state index contributed by atoms with van der Waals surface area (Å²) < 4.78 is 1.05. The predicted octanol–water partition coefficient (Wildman–Crippen LogP) is 2.65. The van der Waals surface area contributed by atoms with E-state index in [0.29, 0.717) is 12.0 Å². The van der Waals surface area contributed by atoms with Gasteiger partial charge in [0.2, 0.25) is 6.41 Å². The number of hydrogen-bond donors (Lipinski definition) is 1. The summed E-state index contributed by atoms with van der Waals surface area (Å²) in [5.41, 5.74) is 0.715. The van der Waals surface area contributed by atoms with Crippen molar-refractivity contribution in [2.24, 2.45) is 0 Å². The quantitative estimate of drug-likeness (QED) is 0.853. The van der Waals surface area contributed by atoms with Gasteiger partial charge in [0.25, 0.3) is 0 Å². The average Bonchev–Trinajstić information content (AvgIpc) is 3.16. The second kappa shape index (κ2) is 4.66. The zero-order valence-electron chi connectivity index (χ0n) is 10.2. The molecule has 0 bridgehead atoms. The lowest BCUT2D eigenvalue weighted by molar-refractivity contribution is -0.147. The summed E-state index contributed by atoms with van der Waals surface area (Å²) in [5, 5.41) is 12.3. The first kappa shape index (κ1) is 12.2. The Morgan fingerprint density at radius 2 is 2.16 bits per heavy atom. The highest BCUT2D eigenvalue weighted by Crippen LogP contribution is 2.38. The Morgan fingerprint density at radius 3 is 2.79 bits per heavy atom. The molecule has 19 heavy (non-hydrogen) atoms. The molecule has 0 aliphatic heterocycles. The van der Waals surface area contributed by atoms with E-state index in [-0.39, 0.29) is 6.04 Å². The molecule has 2 aromatic rings. The lowest BCUT2D eigenvalue weighted by atomic mass is 10.0. The molecule has 1 N–H and O–H groups in total. The van der Waals surface area contributed by atoms with E-state index in [2.05, 4.69) is 0 Å². The van der Waals surface area contributed by atoms with Crippen molar-refractivity contribution in [3.63, 3.8) is 0 Å². The minimum Gasteiger partial charge on any atom is -0.479 e. The van der Waals surface area contributed by atoms with Gasteiger partial charge in [-0.3, -0.25) is 4.79 Å². The maximum Gasteiger partial charge on any atom is 0.331 e. The molecule has 4 nitrogen and oxygen atoms in total. The number of nitrogens with zero attached hydrogens (tertiary/aromatic N) is 1. The van der Waals surface area contributed by atoms with E-state index in [1.165, 1.54) is 16.2 Å². The molecule has 0 saturated heterocycles. The first-order chi connectivity index (χ1) is 9.22. The van der Waals surface area contributed by atoms with E-state index in [0.717, 1.165) is 22.9 Å². The number of carbonyl (C=O) groups excluding carboxylic acids is 1. The van der Waals surface area contributed by atoms with Gasteiger partial charge >= 0.3 is 5.97 Å². The van der Waals surface area contributed by atoms with Gasteiger partial charge < -0.3 is 10.0 Å². The Labute approximate surface area is 114 Å². The molecule has 1 amide bonds. The van der Waals surface area contributed by atoms with Crippen LogP contribution in [0.4, 0.5) is 0 Å². The molecule has 1 unspecified atom stereocenters. The SMILES string of the molecule is O=CN(C1CC1)C(C(=O)O)c1csc2ccccc12. The van der Waals surface area contributed by atoms with Crippen LogP contribution in [0.1, 0.15) is 24.4 Å². The number of rotatable bonds is 5. The minimum absolute atomic E-state index is 0.0808. The standard InChI is InChI=1S/C14H13NO3S/c16-8-15(9-5-6-9)13(14(17)18)11-7-19-12-4-2-1-3-10(11)12/h1-4,7-9,13H,5-6H2,(H,17,18). The third-order valence-corrected chi connectivity index (χ3v) is 4.41. The number of amides is 1. The van der Waals surface area contributed by atoms with Gasteiger partial charge in [0.1, 0.15) is 0 Å². The normalized spacial score (nSPS) is 16.2. The van der Waals surface area contributed by atoms with E-state index < -0.39 is 12.0 Å². The van der Waals surface area contributed by atoms with Crippen molar-refractivity contribution in [3.05, 3.63) is 35.2 Å². The topological polar surface area (TPSA) is 57.6 Å². The molecule has 1 aliphatic rings. The zero-order valence-corrected chi connectivity index (χ0v) is 11.0. The van der Waals surface area contributed by atoms with Crippen molar-refractivity contribution < 1.29 is 14.7 Å². The van der Waals surface area contributed by atoms with Crippen molar-refractivity contribution in [3.8, 4) is 0 Å². The molecule has 1 aromatic heterocycles. The van der Waals surface area contributed by atoms with Crippen molar-refractivity contribution in [1.82, 2.24) is 4.90 Å². The number of hydrogen-bond acceptors (Lipinski definition) is 3. The Balaban J connectivity index is 2.09. The maximum atomic E-state index is 11.6. The van der Waals surface area contributed by atoms with Gasteiger partial charge in [0, 0.05) is 16.3 Å². The van der Waals surface area contributed by atoms with E-state index in [9.17, 15) is 14.7 Å². The van der Waals surface area contributed by atoms with Crippen molar-refractivity contribution in [2.75, 3.05) is 0 Å². The van der Waals surface area contributed by atoms with Crippen molar-refractivity contribution >= 4 is 33.8 Å². The third-order valence-electron chi connectivity index (χ3n) is 3.43. The highest BCUT2D eigenvalue weighted by Gasteiger charge is 2.38. The van der Waals surface area contributed by atoms with Crippen LogP contribution in [0.2, 0.25) is 0 Å². The number of carbonyl (C=O) groups is 2. The first-order valence-corrected chi connectivity index (χ1v) is 7.02. The van der Waals surface area contributed by atoms with Crippen LogP contribution in [0.3, 0.4) is 0 Å². The molecule has 1 heterocycles. The monoisotopic (exact) mass is 275 g/mol. The number of aliphatic carboxylic acids is 1. The van der Waals surface area contributed by atoms with Gasteiger partial charge in [-0.1, -0.05) is 18.2 Å². The molecule has 5 heteroatoms. The maximum absolute atomic E-state index is 11.6. The number of thiophene rings is 1. The van der Waals surface area contributed by atoms with Crippen LogP contribution in [0.15, 0.2) is 29.6 Å². The molecule has 1 aliphatic carbocycles. The highest BCUT2D eigenvalue weighted by molar-refractivity contribution is 7.17. The van der Waals surface area contributed by atoms with Crippen LogP contribution in [-0.2, 0) is 9.59 Å². The van der Waals surface area contributed by atoms with Crippen LogP contribution < -0.4 is 0 Å². The van der Waals surface area contributed by atoms with Gasteiger partial charge in [-0.15, -0.1) is 11.3 Å². The Kier molecular flexibility index (Phi) is 2.98. The number of benzene rings is 1. The van der Waals surface area contributed by atoms with Gasteiger partial charge in [-0.2, -0.15) is 0 Å². The van der Waals surface area contributed by atoms with E-state index in [1.54, 1.807) is 0 Å². The molecule has 3 rings (SSSR count). The Morgan fingerprint density at radius 1 is 1.42 bits per heavy atom. The zero-order chi connectivity index (χ0) is 13.4. The second-order valence-corrected chi connectivity index (χ2v) is 5.62. The van der Waals surface area contributed by atoms with Crippen LogP contribution in [0.25, 0.3) is 10.1 Å².